The van der Waals surface area contributed by atoms with Crippen LogP contribution in [0.15, 0.2) is 340 Å². The summed E-state index contributed by atoms with van der Waals surface area (Å²) in [5.74, 6) is 0. The van der Waals surface area contributed by atoms with Crippen LogP contribution in [0.1, 0.15) is 0 Å². The number of fused-ring (bicyclic) bond motifs is 18. The maximum atomic E-state index is 5.46. The SMILES string of the molecule is c1ccc(-n2c3ccccc3c3cc(-c4ccc5c(c4)c4cc(-c6ncc7c8c(cccc68)-c6ccc(-c8ccc9c(c8)c8ccc(-c%10ccc%11c(c%10)c%10ccccc%10n%11-c%10ccc%11c%12c(cncc%10%12)-c%10ccccc%10-%11)cc8n9-c8ccccc8)cc6-7)ccc4n5-c4ccccc4)ccc32)cc1. The van der Waals surface area contributed by atoms with E-state index in [1.165, 1.54) is 154 Å². The van der Waals surface area contributed by atoms with Crippen LogP contribution in [0, 0.1) is 0 Å². The Hall–Kier alpha value is -13.7. The van der Waals surface area contributed by atoms with Crippen molar-refractivity contribution in [3.8, 4) is 112 Å². The Labute approximate surface area is 585 Å². The Balaban J connectivity index is 0.615. The summed E-state index contributed by atoms with van der Waals surface area (Å²) >= 11 is 0. The number of benzene rings is 15. The van der Waals surface area contributed by atoms with Crippen LogP contribution in [0.4, 0.5) is 0 Å². The first kappa shape index (κ1) is 55.3. The molecular formula is C96H56N6. The van der Waals surface area contributed by atoms with Crippen molar-refractivity contribution >= 4 is 109 Å². The van der Waals surface area contributed by atoms with Crippen LogP contribution in [0.25, 0.3) is 221 Å². The molecule has 21 aromatic rings. The van der Waals surface area contributed by atoms with E-state index in [1.54, 1.807) is 0 Å². The van der Waals surface area contributed by atoms with Gasteiger partial charge in [0.25, 0.3) is 0 Å². The maximum Gasteiger partial charge on any atom is 0.0781 e. The van der Waals surface area contributed by atoms with Gasteiger partial charge in [-0.15, -0.1) is 0 Å². The van der Waals surface area contributed by atoms with Crippen molar-refractivity contribution in [3.63, 3.8) is 0 Å². The minimum Gasteiger partial charge on any atom is -0.309 e. The average Bonchev–Trinajstić information content (AvgIpc) is 1.59. The van der Waals surface area contributed by atoms with Crippen LogP contribution >= 0.6 is 0 Å². The molecule has 6 aromatic heterocycles. The maximum absolute atomic E-state index is 5.46. The van der Waals surface area contributed by atoms with Gasteiger partial charge in [-0.2, -0.15) is 0 Å². The second-order valence-electron chi connectivity index (χ2n) is 27.6. The van der Waals surface area contributed by atoms with E-state index in [2.05, 4.69) is 352 Å². The summed E-state index contributed by atoms with van der Waals surface area (Å²) in [5, 5.41) is 14.5. The fourth-order valence-electron chi connectivity index (χ4n) is 17.9. The highest BCUT2D eigenvalue weighted by molar-refractivity contribution is 6.22. The van der Waals surface area contributed by atoms with Crippen LogP contribution in [0.2, 0.25) is 0 Å². The standard InChI is InChI=1S/C96H56N6/c1-4-17-64(18-5-1)99-85-29-14-12-25-70(85)77-48-59(33-41-87(77)99)60-35-43-89-80(51-60)81-52-63(37-45-90(81)100(89)65-19-6-2-7-20-65)96-75-28-16-27-73-69-38-31-57(47-76(69)83(56-98-96)94(73)75)58-34-42-88-79(49-58)72-39-32-62(53-93(72)101(88)66-21-8-3-9-22-66)61-36-44-91-78(50-61)71-26-13-15-30-86(71)102(91)92-46-40-74-67-23-10-11-24-68(67)82-54-97-55-84(92)95(74)82/h1-56H. The summed E-state index contributed by atoms with van der Waals surface area (Å²) in [6.07, 6.45) is 6.22. The molecule has 0 amide bonds. The first-order valence-corrected chi connectivity index (χ1v) is 35.1. The summed E-state index contributed by atoms with van der Waals surface area (Å²) in [5.41, 5.74) is 32.9. The van der Waals surface area contributed by atoms with E-state index in [0.717, 1.165) is 66.9 Å². The molecule has 23 rings (SSSR count). The van der Waals surface area contributed by atoms with E-state index in [4.69, 9.17) is 9.97 Å². The predicted octanol–water partition coefficient (Wildman–Crippen LogP) is 25.1. The van der Waals surface area contributed by atoms with E-state index in [9.17, 15) is 0 Å². The van der Waals surface area contributed by atoms with Crippen LogP contribution in [0.5, 0.6) is 0 Å². The third-order valence-corrected chi connectivity index (χ3v) is 22.4. The third-order valence-electron chi connectivity index (χ3n) is 22.4. The molecule has 0 radical (unpaired) electrons. The van der Waals surface area contributed by atoms with Gasteiger partial charge in [0.2, 0.25) is 0 Å². The molecule has 0 saturated heterocycles. The molecule has 0 saturated carbocycles. The zero-order chi connectivity index (χ0) is 66.4. The molecule has 102 heavy (non-hydrogen) atoms. The number of para-hydroxylation sites is 5. The highest BCUT2D eigenvalue weighted by Gasteiger charge is 2.28. The van der Waals surface area contributed by atoms with Crippen LogP contribution in [0.3, 0.4) is 0 Å². The minimum atomic E-state index is 0.980. The van der Waals surface area contributed by atoms with Gasteiger partial charge >= 0.3 is 0 Å². The first-order valence-electron chi connectivity index (χ1n) is 35.1. The highest BCUT2D eigenvalue weighted by atomic mass is 15.0. The number of aromatic nitrogens is 6. The largest absolute Gasteiger partial charge is 0.309 e. The zero-order valence-electron chi connectivity index (χ0n) is 55.0. The molecule has 0 atom stereocenters. The Bertz CT molecular complexity index is 7200. The second kappa shape index (κ2) is 20.9. The van der Waals surface area contributed by atoms with Gasteiger partial charge < -0.3 is 18.3 Å². The number of pyridine rings is 2. The lowest BCUT2D eigenvalue weighted by Crippen LogP contribution is -1.96. The molecule has 0 bridgehead atoms. The fourth-order valence-corrected chi connectivity index (χ4v) is 17.9. The molecule has 0 fully saturated rings. The van der Waals surface area contributed by atoms with Gasteiger partial charge in [0.05, 0.1) is 55.5 Å². The normalized spacial score (nSPS) is 12.3. The quantitative estimate of drug-likeness (QED) is 0.152. The predicted molar refractivity (Wildman–Crippen MR) is 425 cm³/mol. The fraction of sp³-hybridized carbons (Fsp3) is 0. The summed E-state index contributed by atoms with van der Waals surface area (Å²) in [7, 11) is 0. The number of rotatable bonds is 8. The third kappa shape index (κ3) is 7.77. The van der Waals surface area contributed by atoms with Crippen molar-refractivity contribution < 1.29 is 0 Å². The van der Waals surface area contributed by atoms with Crippen molar-refractivity contribution in [2.45, 2.75) is 0 Å². The van der Waals surface area contributed by atoms with Crippen molar-refractivity contribution in [1.29, 1.82) is 0 Å². The van der Waals surface area contributed by atoms with E-state index in [1.807, 2.05) is 6.20 Å². The van der Waals surface area contributed by atoms with E-state index in [-0.39, 0.29) is 0 Å². The summed E-state index contributed by atoms with van der Waals surface area (Å²) in [4.78, 5) is 10.3. The average molecular weight is 1290 g/mol. The smallest absolute Gasteiger partial charge is 0.0781 e. The molecule has 2 aliphatic carbocycles. The van der Waals surface area contributed by atoms with Crippen LogP contribution < -0.4 is 0 Å². The molecule has 0 spiro atoms. The lowest BCUT2D eigenvalue weighted by atomic mass is 9.96. The zero-order valence-corrected chi connectivity index (χ0v) is 55.0. The topological polar surface area (TPSA) is 45.5 Å². The van der Waals surface area contributed by atoms with Crippen molar-refractivity contribution in [2.24, 2.45) is 0 Å². The van der Waals surface area contributed by atoms with Crippen LogP contribution in [-0.2, 0) is 0 Å². The van der Waals surface area contributed by atoms with Gasteiger partial charge in [-0.1, -0.05) is 194 Å². The molecule has 15 aromatic carbocycles. The van der Waals surface area contributed by atoms with Gasteiger partial charge in [0.15, 0.2) is 0 Å². The Kier molecular flexibility index (Phi) is 11.4. The molecule has 6 heterocycles. The lowest BCUT2D eigenvalue weighted by molar-refractivity contribution is 1.18. The highest BCUT2D eigenvalue weighted by Crippen LogP contribution is 2.53. The summed E-state index contributed by atoms with van der Waals surface area (Å²) < 4.78 is 9.68. The van der Waals surface area contributed by atoms with E-state index < -0.39 is 0 Å². The number of hydrogen-bond donors (Lipinski definition) is 0. The first-order chi connectivity index (χ1) is 50.6. The molecule has 0 aliphatic heterocycles. The van der Waals surface area contributed by atoms with Gasteiger partial charge in [0, 0.05) is 117 Å². The van der Waals surface area contributed by atoms with Crippen molar-refractivity contribution in [3.05, 3.63) is 340 Å². The Morgan fingerprint density at radius 1 is 0.186 bits per heavy atom. The van der Waals surface area contributed by atoms with Gasteiger partial charge in [-0.3, -0.25) is 9.97 Å². The molecule has 6 heteroatoms. The van der Waals surface area contributed by atoms with Crippen LogP contribution in [-0.4, -0.2) is 28.2 Å². The molecule has 0 unspecified atom stereocenters. The molecule has 0 N–H and O–H groups in total. The molecule has 2 aliphatic rings. The summed E-state index contributed by atoms with van der Waals surface area (Å²) in [6, 6.07) is 119. The van der Waals surface area contributed by atoms with Crippen molar-refractivity contribution in [1.82, 2.24) is 28.2 Å². The van der Waals surface area contributed by atoms with Gasteiger partial charge in [0.1, 0.15) is 0 Å². The monoisotopic (exact) mass is 1290 g/mol. The van der Waals surface area contributed by atoms with E-state index in [0.29, 0.717) is 0 Å². The Morgan fingerprint density at radius 2 is 0.559 bits per heavy atom. The van der Waals surface area contributed by atoms with E-state index >= 15 is 0 Å². The molecule has 6 nitrogen and oxygen atoms in total. The minimum absolute atomic E-state index is 0.980. The number of nitrogens with zero attached hydrogens (tertiary/aromatic N) is 6. The second-order valence-corrected chi connectivity index (χ2v) is 27.6. The van der Waals surface area contributed by atoms with Gasteiger partial charge in [-0.25, -0.2) is 0 Å². The summed E-state index contributed by atoms with van der Waals surface area (Å²) in [6.45, 7) is 0. The molecule has 470 valence electrons. The van der Waals surface area contributed by atoms with Crippen molar-refractivity contribution in [2.75, 3.05) is 0 Å². The number of hydrogen-bond acceptors (Lipinski definition) is 2. The molecular weight excluding hydrogens is 1240 g/mol. The Morgan fingerprint density at radius 3 is 1.16 bits per heavy atom. The lowest BCUT2D eigenvalue weighted by Gasteiger charge is -2.13. The van der Waals surface area contributed by atoms with Gasteiger partial charge in [-0.05, 0) is 194 Å².